The molecule has 2 aliphatic rings. The minimum Gasteiger partial charge on any atom is -0.458 e. The molecular weight excluding hydrogens is 925 g/mol. The molecule has 5 nitrogen and oxygen atoms in total. The number of hydrogen-bond donors (Lipinski definition) is 0. The molecular formula is C71H66N4O. The van der Waals surface area contributed by atoms with Gasteiger partial charge >= 0.3 is 0 Å². The van der Waals surface area contributed by atoms with Crippen LogP contribution in [0.1, 0.15) is 141 Å². The highest BCUT2D eigenvalue weighted by atomic mass is 16.5. The lowest BCUT2D eigenvalue weighted by Crippen LogP contribution is -2.33. The van der Waals surface area contributed by atoms with Crippen LogP contribution >= 0.6 is 0 Å². The standard InChI is InChI=1S/C71H66N4O/c1-68(2,3)43-46-19-17-27-58-54-24-13-11-22-52(54)53-23-12-14-25-55(53)59-37-47(45-29-32-60-61(38-45)71(9,10)35-34-70(60,7)8)39-64-67(59)74(66(46)58)44-73(64)49-20-18-21-50(41-49)76-51-30-31-57-56-26-15-16-28-62(56)75(63(57)42-51)65-40-48(33-36-72-65)69(4,5)6/h11-33,36-42H,34-35,43H2,1-10H3/i7D3,8D3,9D3,10D3,11D,12D,13D,14D,22D,23D,24D,25D,29D,32D,34D2,35D2,38D. The second-order valence-corrected chi connectivity index (χ2v) is 21.7. The molecule has 1 aliphatic heterocycles. The van der Waals surface area contributed by atoms with Crippen molar-refractivity contribution in [1.29, 1.82) is 0 Å². The maximum absolute atomic E-state index is 10.4. The van der Waals surface area contributed by atoms with Gasteiger partial charge in [0.1, 0.15) is 17.3 Å². The Morgan fingerprint density at radius 2 is 1.32 bits per heavy atom. The van der Waals surface area contributed by atoms with Crippen LogP contribution in [-0.2, 0) is 22.7 Å². The Kier molecular flexibility index (Phi) is 6.05. The molecule has 376 valence electrons. The maximum atomic E-state index is 10.4. The van der Waals surface area contributed by atoms with Crippen LogP contribution in [0.4, 0.5) is 0 Å². The fourth-order valence-corrected chi connectivity index (χ4v) is 10.6. The highest BCUT2D eigenvalue weighted by Gasteiger charge is 2.37. The molecule has 0 N–H and O–H groups in total. The van der Waals surface area contributed by atoms with Crippen molar-refractivity contribution in [3.8, 4) is 73.2 Å². The number of fused-ring (bicyclic) bond motifs is 11. The van der Waals surface area contributed by atoms with Crippen LogP contribution < -0.4 is 9.30 Å². The van der Waals surface area contributed by atoms with E-state index in [2.05, 4.69) is 27.1 Å². The zero-order valence-electron chi connectivity index (χ0n) is 69.4. The first-order valence-electron chi connectivity index (χ1n) is 38.3. The molecule has 13 rings (SSSR count). The van der Waals surface area contributed by atoms with Crippen molar-refractivity contribution in [3.63, 3.8) is 0 Å². The first kappa shape index (κ1) is 26.6. The predicted octanol–water partition coefficient (Wildman–Crippen LogP) is 18.2. The molecule has 5 heteroatoms. The van der Waals surface area contributed by atoms with E-state index in [0.717, 1.165) is 33.4 Å². The van der Waals surface area contributed by atoms with Gasteiger partial charge in [0, 0.05) is 45.0 Å². The fraction of sp³-hybridized carbons (Fsp3) is 0.239. The highest BCUT2D eigenvalue weighted by Crippen LogP contribution is 2.49. The maximum Gasteiger partial charge on any atom is 0.269 e. The zero-order chi connectivity index (χ0) is 75.6. The van der Waals surface area contributed by atoms with E-state index in [1.54, 1.807) is 54.7 Å². The first-order valence-corrected chi connectivity index (χ1v) is 24.8. The van der Waals surface area contributed by atoms with E-state index in [0.29, 0.717) is 17.1 Å². The molecule has 0 amide bonds. The van der Waals surface area contributed by atoms with Gasteiger partial charge in [-0.15, -0.1) is 0 Å². The molecule has 0 spiro atoms. The van der Waals surface area contributed by atoms with Gasteiger partial charge in [-0.1, -0.05) is 184 Å². The second kappa shape index (κ2) is 17.3. The molecule has 0 fully saturated rings. The minimum absolute atomic E-state index is 0.0377. The number of nitrogens with zero attached hydrogens (tertiary/aromatic N) is 4. The van der Waals surface area contributed by atoms with E-state index in [1.165, 1.54) is 15.2 Å². The molecule has 11 aromatic rings. The second-order valence-electron chi connectivity index (χ2n) is 21.7. The Bertz CT molecular complexity index is 5440. The molecule has 4 heterocycles. The van der Waals surface area contributed by atoms with Crippen molar-refractivity contribution in [2.24, 2.45) is 5.41 Å². The molecule has 0 radical (unpaired) electrons. The number of imidazole rings is 1. The number of aromatic nitrogens is 4. The molecule has 3 aromatic heterocycles. The largest absolute Gasteiger partial charge is 0.458 e. The summed E-state index contributed by atoms with van der Waals surface area (Å²) in [6.45, 7) is -5.37. The van der Waals surface area contributed by atoms with Gasteiger partial charge in [-0.3, -0.25) is 13.7 Å². The average molecular weight is 1020 g/mol. The minimum atomic E-state index is -4.67. The van der Waals surface area contributed by atoms with E-state index in [1.807, 2.05) is 73.9 Å². The summed E-state index contributed by atoms with van der Waals surface area (Å²) >= 11 is 0. The Morgan fingerprint density at radius 3 is 2.05 bits per heavy atom. The van der Waals surface area contributed by atoms with Gasteiger partial charge in [-0.25, -0.2) is 4.98 Å². The van der Waals surface area contributed by atoms with Gasteiger partial charge in [0.25, 0.3) is 6.33 Å². The van der Waals surface area contributed by atoms with Crippen LogP contribution in [0.2, 0.25) is 0 Å². The van der Waals surface area contributed by atoms with Gasteiger partial charge in [0.2, 0.25) is 0 Å². The van der Waals surface area contributed by atoms with Gasteiger partial charge in [-0.2, -0.15) is 0 Å². The summed E-state index contributed by atoms with van der Waals surface area (Å²) in [5, 5.41) is 1.82. The fourth-order valence-electron chi connectivity index (χ4n) is 10.6. The number of pyridine rings is 1. The van der Waals surface area contributed by atoms with Crippen molar-refractivity contribution in [2.75, 3.05) is 0 Å². The molecule has 0 atom stereocenters. The summed E-state index contributed by atoms with van der Waals surface area (Å²) < 4.78 is 265. The molecule has 0 saturated carbocycles. The lowest BCUT2D eigenvalue weighted by atomic mass is 9.63. The molecule has 0 saturated heterocycles. The van der Waals surface area contributed by atoms with E-state index >= 15 is 0 Å². The van der Waals surface area contributed by atoms with Crippen LogP contribution in [0, 0.1) is 11.7 Å². The Balaban J connectivity index is 1.21. The average Bonchev–Trinajstić information content (AvgIpc) is 1.06. The van der Waals surface area contributed by atoms with Gasteiger partial charge in [0.15, 0.2) is 0 Å². The Morgan fingerprint density at radius 1 is 0.632 bits per heavy atom. The topological polar surface area (TPSA) is 35.9 Å². The summed E-state index contributed by atoms with van der Waals surface area (Å²) in [7, 11) is 0. The summed E-state index contributed by atoms with van der Waals surface area (Å²) in [4.78, 5) is 4.82. The van der Waals surface area contributed by atoms with Crippen LogP contribution in [0.15, 0.2) is 182 Å². The third kappa shape index (κ3) is 7.97. The Labute approximate surface area is 486 Å². The number of rotatable bonds is 6. The lowest BCUT2D eigenvalue weighted by molar-refractivity contribution is -0.572. The molecule has 76 heavy (non-hydrogen) atoms. The molecule has 0 unspecified atom stereocenters. The van der Waals surface area contributed by atoms with E-state index in [4.69, 9.17) is 27.5 Å². The lowest BCUT2D eigenvalue weighted by Gasteiger charge is -2.42. The number of benzene rings is 8. The van der Waals surface area contributed by atoms with Crippen molar-refractivity contribution in [3.05, 3.63) is 210 Å². The monoisotopic (exact) mass is 1020 g/mol. The number of hydrogen-bond acceptors (Lipinski definition) is 2. The normalized spacial score (nSPS) is 21.7. The van der Waals surface area contributed by atoms with Crippen LogP contribution in [0.3, 0.4) is 0 Å². The van der Waals surface area contributed by atoms with Crippen LogP contribution in [0.5, 0.6) is 11.5 Å². The van der Waals surface area contributed by atoms with Gasteiger partial charge < -0.3 is 4.74 Å². The molecule has 1 aliphatic carbocycles. The zero-order valence-corrected chi connectivity index (χ0v) is 42.4. The summed E-state index contributed by atoms with van der Waals surface area (Å²) in [5.74, 6) is 1.20. The van der Waals surface area contributed by atoms with Crippen molar-refractivity contribution in [2.45, 2.75) is 104 Å². The van der Waals surface area contributed by atoms with E-state index in [-0.39, 0.29) is 56.7 Å². The molecule has 8 aromatic carbocycles. The Hall–Kier alpha value is -8.02. The van der Waals surface area contributed by atoms with Crippen molar-refractivity contribution in [1.82, 2.24) is 14.1 Å². The number of ether oxygens (including phenoxy) is 1. The van der Waals surface area contributed by atoms with Crippen molar-refractivity contribution >= 4 is 32.8 Å². The van der Waals surface area contributed by atoms with Gasteiger partial charge in [-0.05, 0) is 162 Å². The molecule has 0 bridgehead atoms. The van der Waals surface area contributed by atoms with Crippen molar-refractivity contribution < 1.29 is 46.3 Å². The summed E-state index contributed by atoms with van der Waals surface area (Å²) in [6, 6.07) is 20.6. The van der Waals surface area contributed by atoms with E-state index in [9.17, 15) is 19.2 Å². The smallest absolute Gasteiger partial charge is 0.269 e. The first-order chi connectivity index (χ1) is 47.5. The SMILES string of the molecule is [2H]c1c([2H])c([2H])c2c(c1[2H])-c1cccc(CC(C)(C)C)c1-[n+]1[c-]n(-c3cccc(Oc4ccc5c6ccccc6n(-c6cc(C(C)(C)C)ccn6)c5c4)c3)c3cc(-c4c([2H])c([2H])c5c(c4[2H])C(C([2H])([2H])[2H])(C([2H])([2H])[2H])C([2H])([2H])C([2H])([2H])C5(C([2H])([2H])[2H])C([2H])([2H])[2H])cc(c31)-c1c([2H])c([2H])c([2H])c([2H])c1-2. The highest BCUT2D eigenvalue weighted by molar-refractivity contribution is 6.09. The number of para-hydroxylation sites is 2. The van der Waals surface area contributed by atoms with Crippen LogP contribution in [0.25, 0.3) is 94.5 Å². The third-order valence-corrected chi connectivity index (χ3v) is 14.1. The summed E-state index contributed by atoms with van der Waals surface area (Å²) in [5.41, 5.74) is -13.1. The van der Waals surface area contributed by atoms with Crippen LogP contribution in [-0.4, -0.2) is 14.1 Å². The third-order valence-electron chi connectivity index (χ3n) is 14.1. The summed E-state index contributed by atoms with van der Waals surface area (Å²) in [6.07, 6.45) is -3.86. The predicted molar refractivity (Wildman–Crippen MR) is 315 cm³/mol. The quantitative estimate of drug-likeness (QED) is 0.123. The van der Waals surface area contributed by atoms with Gasteiger partial charge in [0.05, 0.1) is 48.5 Å². The van der Waals surface area contributed by atoms with E-state index < -0.39 is 162 Å².